The molecule has 1 saturated heterocycles. The molecule has 0 radical (unpaired) electrons. The van der Waals surface area contributed by atoms with Gasteiger partial charge in [-0.25, -0.2) is 13.4 Å². The van der Waals surface area contributed by atoms with Crippen molar-refractivity contribution in [1.29, 1.82) is 0 Å². The molecule has 226 valence electrons. The molecular weight excluding hydrogens is 552 g/mol. The van der Waals surface area contributed by atoms with Crippen molar-refractivity contribution in [3.8, 4) is 11.3 Å². The number of aromatic nitrogens is 2. The van der Waals surface area contributed by atoms with Crippen molar-refractivity contribution >= 4 is 15.7 Å². The first kappa shape index (κ1) is 30.4. The molecule has 1 saturated carbocycles. The quantitative estimate of drug-likeness (QED) is 0.327. The van der Waals surface area contributed by atoms with Gasteiger partial charge in [0.2, 0.25) is 0 Å². The number of carbonyl (C=O) groups excluding carboxylic acids is 1. The number of nitrogens with one attached hydrogen (secondary N) is 1. The van der Waals surface area contributed by atoms with Crippen LogP contribution in [0.1, 0.15) is 54.2 Å². The number of aliphatic hydroxyl groups is 1. The molecule has 1 aromatic heterocycles. The third kappa shape index (κ3) is 7.29. The van der Waals surface area contributed by atoms with E-state index in [2.05, 4.69) is 17.4 Å². The van der Waals surface area contributed by atoms with Crippen molar-refractivity contribution in [3.05, 3.63) is 78.2 Å². The number of sulfone groups is 1. The maximum Gasteiger partial charge on any atom is 0.275 e. The number of nitrogens with zero attached hydrogens (tertiary/aromatic N) is 3. The highest BCUT2D eigenvalue weighted by atomic mass is 32.2. The summed E-state index contributed by atoms with van der Waals surface area (Å²) in [6.07, 6.45) is 7.12. The fourth-order valence-corrected chi connectivity index (χ4v) is 6.95. The minimum absolute atomic E-state index is 0.00521. The lowest BCUT2D eigenvalue weighted by Crippen LogP contribution is -2.54. The van der Waals surface area contributed by atoms with Crippen molar-refractivity contribution < 1.29 is 23.1 Å². The van der Waals surface area contributed by atoms with Crippen molar-refractivity contribution in [2.45, 2.75) is 56.2 Å². The Morgan fingerprint density at radius 1 is 1.12 bits per heavy atom. The second-order valence-corrected chi connectivity index (χ2v) is 13.9. The van der Waals surface area contributed by atoms with Crippen LogP contribution < -0.4 is 5.32 Å². The SMILES string of the molecule is CS(=O)(=O)CCCOCC1(O)CCCCC1n1cnc(C(=O)N2CCNC[C@H]2Cc2ccccc2)c1-c1ccccc1. The molecule has 0 spiro atoms. The van der Waals surface area contributed by atoms with Gasteiger partial charge in [-0.2, -0.15) is 0 Å². The molecule has 5 rings (SSSR count). The number of benzene rings is 2. The highest BCUT2D eigenvalue weighted by Crippen LogP contribution is 2.41. The lowest BCUT2D eigenvalue weighted by Gasteiger charge is -2.41. The van der Waals surface area contributed by atoms with Crippen LogP contribution in [0, 0.1) is 0 Å². The van der Waals surface area contributed by atoms with Gasteiger partial charge in [0.05, 0.1) is 30.4 Å². The van der Waals surface area contributed by atoms with Gasteiger partial charge in [-0.05, 0) is 31.2 Å². The summed E-state index contributed by atoms with van der Waals surface area (Å²) in [5.41, 5.74) is 1.98. The zero-order valence-electron chi connectivity index (χ0n) is 24.3. The monoisotopic (exact) mass is 594 g/mol. The molecule has 2 heterocycles. The van der Waals surface area contributed by atoms with E-state index in [0.29, 0.717) is 37.3 Å². The van der Waals surface area contributed by atoms with Gasteiger partial charge in [0, 0.05) is 44.1 Å². The summed E-state index contributed by atoms with van der Waals surface area (Å²) in [6, 6.07) is 19.7. The van der Waals surface area contributed by atoms with E-state index in [4.69, 9.17) is 9.72 Å². The van der Waals surface area contributed by atoms with Crippen molar-refractivity contribution in [3.63, 3.8) is 0 Å². The van der Waals surface area contributed by atoms with Gasteiger partial charge in [-0.3, -0.25) is 4.79 Å². The molecule has 2 unspecified atom stereocenters. The van der Waals surface area contributed by atoms with Crippen molar-refractivity contribution in [1.82, 2.24) is 19.8 Å². The number of piperazine rings is 1. The summed E-state index contributed by atoms with van der Waals surface area (Å²) in [5.74, 6) is -0.0523. The summed E-state index contributed by atoms with van der Waals surface area (Å²) in [7, 11) is -3.07. The van der Waals surface area contributed by atoms with E-state index < -0.39 is 15.4 Å². The fraction of sp³-hybridized carbons (Fsp3) is 0.500. The molecule has 1 amide bonds. The van der Waals surface area contributed by atoms with Crippen LogP contribution in [0.3, 0.4) is 0 Å². The summed E-state index contributed by atoms with van der Waals surface area (Å²) < 4.78 is 30.8. The lowest BCUT2D eigenvalue weighted by atomic mass is 9.80. The van der Waals surface area contributed by atoms with Crippen LogP contribution in [0.5, 0.6) is 0 Å². The molecule has 2 N–H and O–H groups in total. The zero-order valence-corrected chi connectivity index (χ0v) is 25.1. The van der Waals surface area contributed by atoms with Crippen LogP contribution >= 0.6 is 0 Å². The average Bonchev–Trinajstić information content (AvgIpc) is 3.42. The first-order valence-corrected chi connectivity index (χ1v) is 17.0. The normalized spacial score (nSPS) is 23.1. The minimum Gasteiger partial charge on any atom is -0.385 e. The maximum atomic E-state index is 14.3. The van der Waals surface area contributed by atoms with Crippen LogP contribution in [-0.4, -0.2) is 90.4 Å². The fourth-order valence-electron chi connectivity index (χ4n) is 6.31. The molecule has 3 atom stereocenters. The summed E-state index contributed by atoms with van der Waals surface area (Å²) in [5, 5.41) is 15.4. The second-order valence-electron chi connectivity index (χ2n) is 11.7. The Bertz CT molecular complexity index is 1430. The van der Waals surface area contributed by atoms with E-state index in [9.17, 15) is 18.3 Å². The molecule has 2 aromatic carbocycles. The number of amides is 1. The van der Waals surface area contributed by atoms with Crippen LogP contribution in [0.15, 0.2) is 67.0 Å². The van der Waals surface area contributed by atoms with Crippen LogP contribution in [0.4, 0.5) is 0 Å². The Kier molecular flexibility index (Phi) is 9.77. The predicted octanol–water partition coefficient (Wildman–Crippen LogP) is 3.50. The Labute approximate surface area is 248 Å². The molecule has 2 fully saturated rings. The highest BCUT2D eigenvalue weighted by Gasteiger charge is 2.42. The van der Waals surface area contributed by atoms with E-state index in [1.54, 1.807) is 6.33 Å². The summed E-state index contributed by atoms with van der Waals surface area (Å²) in [6.45, 7) is 2.37. The molecule has 2 aliphatic rings. The smallest absolute Gasteiger partial charge is 0.275 e. The van der Waals surface area contributed by atoms with Gasteiger partial charge < -0.3 is 24.6 Å². The number of imidazole rings is 1. The molecular formula is C32H42N4O5S. The molecule has 9 nitrogen and oxygen atoms in total. The number of hydrogen-bond acceptors (Lipinski definition) is 7. The number of ether oxygens (including phenoxy) is 1. The number of hydrogen-bond donors (Lipinski definition) is 2. The third-order valence-corrected chi connectivity index (χ3v) is 9.45. The van der Waals surface area contributed by atoms with Gasteiger partial charge >= 0.3 is 0 Å². The molecule has 1 aliphatic carbocycles. The standard InChI is InChI=1S/C32H42N4O5S/c1-42(39,40)20-10-19-41-23-32(38)16-9-8-15-28(32)36-24-34-29(30(36)26-13-6-3-7-14-26)31(37)35-18-17-33-22-27(35)21-25-11-4-2-5-12-25/h2-7,11-14,24,27-28,33,38H,8-10,15-23H2,1H3/t27-,28?,32?/m1/s1. The van der Waals surface area contributed by atoms with E-state index in [1.165, 1.54) is 11.8 Å². The molecule has 10 heteroatoms. The largest absolute Gasteiger partial charge is 0.385 e. The van der Waals surface area contributed by atoms with Gasteiger partial charge in [-0.1, -0.05) is 73.5 Å². The van der Waals surface area contributed by atoms with E-state index in [-0.39, 0.29) is 37.0 Å². The van der Waals surface area contributed by atoms with Crippen LogP contribution in [0.25, 0.3) is 11.3 Å². The number of carbonyl (C=O) groups is 1. The lowest BCUT2D eigenvalue weighted by molar-refractivity contribution is -0.0989. The molecule has 1 aliphatic heterocycles. The molecule has 42 heavy (non-hydrogen) atoms. The van der Waals surface area contributed by atoms with Crippen LogP contribution in [0.2, 0.25) is 0 Å². The van der Waals surface area contributed by atoms with E-state index >= 15 is 0 Å². The van der Waals surface area contributed by atoms with Crippen molar-refractivity contribution in [2.75, 3.05) is 44.9 Å². The zero-order chi connectivity index (χ0) is 29.6. The maximum absolute atomic E-state index is 14.3. The van der Waals surface area contributed by atoms with Gasteiger partial charge in [0.1, 0.15) is 15.4 Å². The summed E-state index contributed by atoms with van der Waals surface area (Å²) in [4.78, 5) is 20.9. The second kappa shape index (κ2) is 13.5. The highest BCUT2D eigenvalue weighted by molar-refractivity contribution is 7.90. The average molecular weight is 595 g/mol. The number of rotatable bonds is 11. The Morgan fingerprint density at radius 3 is 2.60 bits per heavy atom. The first-order valence-electron chi connectivity index (χ1n) is 14.9. The van der Waals surface area contributed by atoms with Gasteiger partial charge in [0.15, 0.2) is 5.69 Å². The topological polar surface area (TPSA) is 114 Å². The van der Waals surface area contributed by atoms with E-state index in [1.807, 2.05) is 58.0 Å². The van der Waals surface area contributed by atoms with Crippen LogP contribution in [-0.2, 0) is 21.0 Å². The minimum atomic E-state index is -3.07. The Morgan fingerprint density at radius 2 is 1.86 bits per heavy atom. The van der Waals surface area contributed by atoms with Gasteiger partial charge in [0.25, 0.3) is 5.91 Å². The molecule has 0 bridgehead atoms. The van der Waals surface area contributed by atoms with E-state index in [0.717, 1.165) is 37.8 Å². The predicted molar refractivity (Wildman–Crippen MR) is 163 cm³/mol. The Balaban J connectivity index is 1.43. The first-order chi connectivity index (χ1) is 20.3. The third-order valence-electron chi connectivity index (χ3n) is 8.42. The van der Waals surface area contributed by atoms with Gasteiger partial charge in [-0.15, -0.1) is 0 Å². The molecule has 3 aromatic rings. The summed E-state index contributed by atoms with van der Waals surface area (Å²) >= 11 is 0. The van der Waals surface area contributed by atoms with Crippen molar-refractivity contribution in [2.24, 2.45) is 0 Å². The Hall–Kier alpha value is -3.05.